The van der Waals surface area contributed by atoms with E-state index in [1.807, 2.05) is 12.1 Å². The first kappa shape index (κ1) is 31.5. The van der Waals surface area contributed by atoms with E-state index in [0.717, 1.165) is 17.5 Å². The van der Waals surface area contributed by atoms with Crippen LogP contribution in [0.5, 0.6) is 5.75 Å². The maximum atomic E-state index is 13.6. The van der Waals surface area contributed by atoms with Crippen LogP contribution in [0.4, 0.5) is 13.2 Å². The number of nitrogens with one attached hydrogen (secondary N) is 1. The van der Waals surface area contributed by atoms with Gasteiger partial charge in [-0.2, -0.15) is 13.2 Å². The number of fused-ring (bicyclic) bond motifs is 1. The molecule has 0 radical (unpaired) electrons. The lowest BCUT2D eigenvalue weighted by Crippen LogP contribution is -2.52. The molecule has 0 spiro atoms. The van der Waals surface area contributed by atoms with Crippen molar-refractivity contribution >= 4 is 57.6 Å². The van der Waals surface area contributed by atoms with E-state index >= 15 is 0 Å². The van der Waals surface area contributed by atoms with E-state index in [4.69, 9.17) is 27.9 Å². The van der Waals surface area contributed by atoms with Crippen LogP contribution >= 0.6 is 35.0 Å². The number of carbonyl (C=O) groups excluding carboxylic acids is 1. The van der Waals surface area contributed by atoms with Gasteiger partial charge < -0.3 is 15.2 Å². The molecule has 0 saturated carbocycles. The zero-order chi connectivity index (χ0) is 30.7. The summed E-state index contributed by atoms with van der Waals surface area (Å²) in [6, 6.07) is 18.7. The fourth-order valence-corrected chi connectivity index (χ4v) is 6.12. The Hall–Kier alpha value is -3.40. The first-order valence-electron chi connectivity index (χ1n) is 12.7. The molecule has 0 bridgehead atoms. The second kappa shape index (κ2) is 12.9. The van der Waals surface area contributed by atoms with Gasteiger partial charge in [-0.1, -0.05) is 71.7 Å². The van der Waals surface area contributed by atoms with E-state index in [-0.39, 0.29) is 17.9 Å². The Labute approximate surface area is 255 Å². The number of carbonyl (C=O) groups is 2. The van der Waals surface area contributed by atoms with Gasteiger partial charge in [0, 0.05) is 25.9 Å². The van der Waals surface area contributed by atoms with Crippen molar-refractivity contribution in [1.29, 1.82) is 0 Å². The van der Waals surface area contributed by atoms with Gasteiger partial charge in [0.1, 0.15) is 18.4 Å². The molecule has 0 aliphatic heterocycles. The highest BCUT2D eigenvalue weighted by atomic mass is 35.5. The molecule has 0 heterocycles. The Morgan fingerprint density at radius 3 is 2.19 bits per heavy atom. The fourth-order valence-electron chi connectivity index (χ4n) is 4.28. The lowest BCUT2D eigenvalue weighted by Gasteiger charge is -2.32. The quantitative estimate of drug-likeness (QED) is 0.182. The normalized spacial score (nSPS) is 12.6. The van der Waals surface area contributed by atoms with Gasteiger partial charge in [-0.3, -0.25) is 4.79 Å². The highest BCUT2D eigenvalue weighted by Gasteiger charge is 2.38. The summed E-state index contributed by atoms with van der Waals surface area (Å²) < 4.78 is 43.9. The van der Waals surface area contributed by atoms with Crippen LogP contribution in [-0.4, -0.2) is 27.8 Å². The Morgan fingerprint density at radius 1 is 0.929 bits per heavy atom. The van der Waals surface area contributed by atoms with Crippen LogP contribution in [0.3, 0.4) is 0 Å². The number of benzene rings is 4. The fraction of sp³-hybridized carbons (Fsp3) is 0.226. The lowest BCUT2D eigenvalue weighted by molar-refractivity contribution is -0.140. The number of ether oxygens (including phenoxy) is 1. The number of thioether (sulfide) groups is 1. The molecule has 42 heavy (non-hydrogen) atoms. The number of hydrogen-bond acceptors (Lipinski definition) is 4. The molecule has 11 heteroatoms. The molecular weight excluding hydrogens is 610 g/mol. The van der Waals surface area contributed by atoms with Gasteiger partial charge in [0.05, 0.1) is 11.1 Å². The second-order valence-electron chi connectivity index (χ2n) is 9.98. The van der Waals surface area contributed by atoms with Gasteiger partial charge >= 0.3 is 12.1 Å². The second-order valence-corrected chi connectivity index (χ2v) is 12.4. The summed E-state index contributed by atoms with van der Waals surface area (Å²) in [6.45, 7) is 3.28. The van der Waals surface area contributed by atoms with Gasteiger partial charge in [-0.25, -0.2) is 4.79 Å². The van der Waals surface area contributed by atoms with Crippen molar-refractivity contribution in [2.75, 3.05) is 0 Å². The maximum absolute atomic E-state index is 13.6. The van der Waals surface area contributed by atoms with E-state index in [9.17, 15) is 27.9 Å². The number of halogens is 5. The molecule has 2 N–H and O–H groups in total. The van der Waals surface area contributed by atoms with E-state index in [0.29, 0.717) is 32.3 Å². The first-order chi connectivity index (χ1) is 19.8. The average molecular weight is 637 g/mol. The first-order valence-corrected chi connectivity index (χ1v) is 14.4. The lowest BCUT2D eigenvalue weighted by atomic mass is 10.0. The minimum Gasteiger partial charge on any atom is -0.487 e. The van der Waals surface area contributed by atoms with Crippen LogP contribution in [-0.2, 0) is 23.3 Å². The van der Waals surface area contributed by atoms with E-state index in [1.54, 1.807) is 50.2 Å². The highest BCUT2D eigenvalue weighted by molar-refractivity contribution is 7.99. The number of amides is 1. The summed E-state index contributed by atoms with van der Waals surface area (Å²) in [5.41, 5.74) is 0.416. The van der Waals surface area contributed by atoms with Gasteiger partial charge in [0.25, 0.3) is 5.91 Å². The van der Waals surface area contributed by atoms with Crippen LogP contribution in [0, 0.1) is 0 Å². The minimum atomic E-state index is -4.47. The molecule has 220 valence electrons. The van der Waals surface area contributed by atoms with Crippen LogP contribution in [0.15, 0.2) is 78.9 Å². The Bertz CT molecular complexity index is 1590. The number of carboxylic acids is 1. The Balaban J connectivity index is 1.59. The molecule has 0 unspecified atom stereocenters. The minimum absolute atomic E-state index is 0.0850. The topological polar surface area (TPSA) is 75.6 Å². The molecule has 4 aromatic rings. The average Bonchev–Trinajstić information content (AvgIpc) is 2.93. The molecule has 0 fully saturated rings. The molecule has 0 aliphatic rings. The van der Waals surface area contributed by atoms with Gasteiger partial charge in [0.15, 0.2) is 0 Å². The number of rotatable bonds is 10. The zero-order valence-electron chi connectivity index (χ0n) is 22.5. The molecule has 1 atom stereocenters. The summed E-state index contributed by atoms with van der Waals surface area (Å²) >= 11 is 13.8. The predicted molar refractivity (Wildman–Crippen MR) is 160 cm³/mol. The molecule has 0 saturated heterocycles. The van der Waals surface area contributed by atoms with Gasteiger partial charge in [0.2, 0.25) is 0 Å². The largest absolute Gasteiger partial charge is 0.487 e. The van der Waals surface area contributed by atoms with Gasteiger partial charge in [-0.15, -0.1) is 11.8 Å². The third kappa shape index (κ3) is 7.32. The van der Waals surface area contributed by atoms with Gasteiger partial charge in [-0.05, 0) is 60.7 Å². The van der Waals surface area contributed by atoms with Crippen molar-refractivity contribution in [2.24, 2.45) is 0 Å². The highest BCUT2D eigenvalue weighted by Crippen LogP contribution is 2.37. The molecule has 0 aliphatic carbocycles. The molecular formula is C31H26Cl2F3NO4S. The summed E-state index contributed by atoms with van der Waals surface area (Å²) in [6.07, 6.45) is -4.47. The van der Waals surface area contributed by atoms with Crippen molar-refractivity contribution in [1.82, 2.24) is 5.32 Å². The number of hydrogen-bond donors (Lipinski definition) is 2. The van der Waals surface area contributed by atoms with Crippen molar-refractivity contribution in [2.45, 2.75) is 43.2 Å². The van der Waals surface area contributed by atoms with Crippen molar-refractivity contribution in [3.63, 3.8) is 0 Å². The molecule has 5 nitrogen and oxygen atoms in total. The standard InChI is InChI=1S/C31H26Cl2F3NO4S/c1-30(2,42-17-23-24(32)8-5-9-25(23)33)27(29(39)40)37-28(38)22-15-12-19-6-3-4-7-21(19)26(22)41-16-18-10-13-20(14-11-18)31(34,35)36/h3-15,27H,16-17H2,1-2H3,(H,37,38)(H,39,40)/t27-/m1/s1. The maximum Gasteiger partial charge on any atom is 0.416 e. The van der Waals surface area contributed by atoms with Crippen LogP contribution in [0.1, 0.15) is 40.9 Å². The summed E-state index contributed by atoms with van der Waals surface area (Å²) in [5.74, 6) is -1.43. The van der Waals surface area contributed by atoms with Crippen LogP contribution in [0.25, 0.3) is 10.8 Å². The molecule has 4 aromatic carbocycles. The molecule has 4 rings (SSSR count). The smallest absolute Gasteiger partial charge is 0.416 e. The third-order valence-electron chi connectivity index (χ3n) is 6.66. The summed E-state index contributed by atoms with van der Waals surface area (Å²) in [5, 5.41) is 15.0. The number of alkyl halides is 3. The Kier molecular flexibility index (Phi) is 9.65. The predicted octanol–water partition coefficient (Wildman–Crippen LogP) is 8.64. The van der Waals surface area contributed by atoms with Crippen LogP contribution < -0.4 is 10.1 Å². The Morgan fingerprint density at radius 2 is 1.57 bits per heavy atom. The zero-order valence-corrected chi connectivity index (χ0v) is 24.8. The third-order valence-corrected chi connectivity index (χ3v) is 8.78. The van der Waals surface area contributed by atoms with E-state index in [1.165, 1.54) is 30.0 Å². The SMILES string of the molecule is CC(C)(SCc1c(Cl)cccc1Cl)[C@H](NC(=O)c1ccc2ccccc2c1OCc1ccc(C(F)(F)F)cc1)C(=O)O. The molecule has 0 aromatic heterocycles. The number of carboxylic acid groups (broad SMARTS) is 1. The van der Waals surface area contributed by atoms with E-state index in [2.05, 4.69) is 5.32 Å². The number of aliphatic carboxylic acids is 1. The molecule has 1 amide bonds. The van der Waals surface area contributed by atoms with Crippen molar-refractivity contribution in [3.8, 4) is 5.75 Å². The van der Waals surface area contributed by atoms with Crippen LogP contribution in [0.2, 0.25) is 10.0 Å². The van der Waals surface area contributed by atoms with Crippen molar-refractivity contribution in [3.05, 3.63) is 111 Å². The van der Waals surface area contributed by atoms with Crippen molar-refractivity contribution < 1.29 is 32.6 Å². The monoisotopic (exact) mass is 635 g/mol. The summed E-state index contributed by atoms with van der Waals surface area (Å²) in [7, 11) is 0. The van der Waals surface area contributed by atoms with E-state index < -0.39 is 34.4 Å². The summed E-state index contributed by atoms with van der Waals surface area (Å²) in [4.78, 5) is 26.0.